The number of carbonyl (C=O) groups is 1. The lowest BCUT2D eigenvalue weighted by Crippen LogP contribution is -1.97. The average Bonchev–Trinajstić information content (AvgIpc) is 2.34. The fourth-order valence-electron chi connectivity index (χ4n) is 1.83. The summed E-state index contributed by atoms with van der Waals surface area (Å²) < 4.78 is 0. The van der Waals surface area contributed by atoms with Crippen LogP contribution < -0.4 is 0 Å². The van der Waals surface area contributed by atoms with Crippen LogP contribution in [0.15, 0.2) is 24.3 Å². The van der Waals surface area contributed by atoms with E-state index in [1.165, 1.54) is 0 Å². The summed E-state index contributed by atoms with van der Waals surface area (Å²) in [6.45, 7) is 0. The van der Waals surface area contributed by atoms with E-state index in [-0.39, 0.29) is 12.2 Å². The van der Waals surface area contributed by atoms with Crippen LogP contribution in [0, 0.1) is 0 Å². The molecule has 0 aromatic heterocycles. The van der Waals surface area contributed by atoms with Crippen LogP contribution in [-0.4, -0.2) is 21.3 Å². The minimum Gasteiger partial charge on any atom is -0.508 e. The molecule has 1 unspecified atom stereocenters. The van der Waals surface area contributed by atoms with Crippen LogP contribution in [0.3, 0.4) is 0 Å². The number of aliphatic hydroxyl groups is 1. The van der Waals surface area contributed by atoms with Crippen LogP contribution >= 0.6 is 0 Å². The maximum atomic E-state index is 10.3. The zero-order valence-electron chi connectivity index (χ0n) is 10.4. The third-order valence-electron chi connectivity index (χ3n) is 2.90. The minimum atomic E-state index is -0.751. The van der Waals surface area contributed by atoms with Crippen LogP contribution in [0.25, 0.3) is 0 Å². The third-order valence-corrected chi connectivity index (χ3v) is 2.90. The Bertz CT molecular complexity index is 359. The van der Waals surface area contributed by atoms with E-state index in [4.69, 9.17) is 10.2 Å². The van der Waals surface area contributed by atoms with Gasteiger partial charge in [0.2, 0.25) is 0 Å². The molecule has 4 nitrogen and oxygen atoms in total. The second-order valence-electron chi connectivity index (χ2n) is 4.45. The molecule has 0 bridgehead atoms. The number of carboxylic acids is 1. The van der Waals surface area contributed by atoms with Crippen LogP contribution in [0.2, 0.25) is 0 Å². The predicted molar refractivity (Wildman–Crippen MR) is 68.4 cm³/mol. The molecule has 0 aliphatic carbocycles. The summed E-state index contributed by atoms with van der Waals surface area (Å²) in [6.07, 6.45) is 3.77. The van der Waals surface area contributed by atoms with Crippen molar-refractivity contribution in [3.8, 4) is 5.75 Å². The Hall–Kier alpha value is -1.55. The first-order chi connectivity index (χ1) is 8.59. The minimum absolute atomic E-state index is 0.194. The van der Waals surface area contributed by atoms with Crippen molar-refractivity contribution in [2.24, 2.45) is 0 Å². The van der Waals surface area contributed by atoms with Crippen molar-refractivity contribution >= 4 is 5.97 Å². The van der Waals surface area contributed by atoms with Gasteiger partial charge in [-0.25, -0.2) is 0 Å². The van der Waals surface area contributed by atoms with Crippen LogP contribution in [0.5, 0.6) is 5.75 Å². The van der Waals surface area contributed by atoms with Crippen molar-refractivity contribution in [3.05, 3.63) is 29.8 Å². The van der Waals surface area contributed by atoms with Crippen molar-refractivity contribution < 1.29 is 20.1 Å². The first kappa shape index (κ1) is 14.5. The molecule has 0 saturated heterocycles. The molecule has 4 heteroatoms. The van der Waals surface area contributed by atoms with Gasteiger partial charge in [-0.2, -0.15) is 0 Å². The van der Waals surface area contributed by atoms with E-state index in [1.54, 1.807) is 24.3 Å². The second kappa shape index (κ2) is 7.71. The molecule has 0 saturated carbocycles. The fourth-order valence-corrected chi connectivity index (χ4v) is 1.83. The monoisotopic (exact) mass is 252 g/mol. The lowest BCUT2D eigenvalue weighted by atomic mass is 10.0. The number of aliphatic carboxylic acids is 1. The van der Waals surface area contributed by atoms with Crippen molar-refractivity contribution in [2.75, 3.05) is 0 Å². The predicted octanol–water partition coefficient (Wildman–Crippen LogP) is 2.85. The summed E-state index contributed by atoms with van der Waals surface area (Å²) in [4.78, 5) is 10.3. The molecule has 100 valence electrons. The van der Waals surface area contributed by atoms with Gasteiger partial charge in [-0.3, -0.25) is 4.79 Å². The summed E-state index contributed by atoms with van der Waals surface area (Å²) in [5, 5.41) is 27.5. The molecule has 0 heterocycles. The van der Waals surface area contributed by atoms with Gasteiger partial charge in [0, 0.05) is 6.42 Å². The van der Waals surface area contributed by atoms with E-state index in [2.05, 4.69) is 0 Å². The standard InChI is InChI=1S/C14H20O4/c15-12-9-7-11(8-10-12)13(16)5-3-1-2-4-6-14(17)18/h7-10,13,15-16H,1-6H2,(H,17,18). The summed E-state index contributed by atoms with van der Waals surface area (Å²) in [7, 11) is 0. The summed E-state index contributed by atoms with van der Waals surface area (Å²) in [5.74, 6) is -0.557. The summed E-state index contributed by atoms with van der Waals surface area (Å²) in [6, 6.07) is 6.55. The molecule has 0 radical (unpaired) electrons. The first-order valence-electron chi connectivity index (χ1n) is 6.28. The SMILES string of the molecule is O=C(O)CCCCCCC(O)c1ccc(O)cc1. The highest BCUT2D eigenvalue weighted by Crippen LogP contribution is 2.21. The molecule has 0 aliphatic heterocycles. The lowest BCUT2D eigenvalue weighted by Gasteiger charge is -2.10. The van der Waals surface area contributed by atoms with E-state index < -0.39 is 12.1 Å². The Morgan fingerprint density at radius 2 is 1.67 bits per heavy atom. The number of unbranched alkanes of at least 4 members (excludes halogenated alkanes) is 3. The smallest absolute Gasteiger partial charge is 0.303 e. The van der Waals surface area contributed by atoms with E-state index in [9.17, 15) is 9.90 Å². The van der Waals surface area contributed by atoms with Crippen molar-refractivity contribution in [1.29, 1.82) is 0 Å². The number of phenols is 1. The second-order valence-corrected chi connectivity index (χ2v) is 4.45. The zero-order chi connectivity index (χ0) is 13.4. The van der Waals surface area contributed by atoms with Crippen LogP contribution in [-0.2, 0) is 4.79 Å². The lowest BCUT2D eigenvalue weighted by molar-refractivity contribution is -0.137. The normalized spacial score (nSPS) is 12.3. The fraction of sp³-hybridized carbons (Fsp3) is 0.500. The van der Waals surface area contributed by atoms with E-state index in [0.717, 1.165) is 24.8 Å². The molecule has 1 atom stereocenters. The van der Waals surface area contributed by atoms with Gasteiger partial charge in [0.1, 0.15) is 5.75 Å². The number of aliphatic hydroxyl groups excluding tert-OH is 1. The van der Waals surface area contributed by atoms with Gasteiger partial charge in [0.15, 0.2) is 0 Å². The molecule has 1 rings (SSSR count). The van der Waals surface area contributed by atoms with E-state index >= 15 is 0 Å². The molecular formula is C14H20O4. The third kappa shape index (κ3) is 5.68. The number of hydrogen-bond donors (Lipinski definition) is 3. The van der Waals surface area contributed by atoms with Gasteiger partial charge in [0.05, 0.1) is 6.10 Å². The van der Waals surface area contributed by atoms with Crippen molar-refractivity contribution in [2.45, 2.75) is 44.6 Å². The van der Waals surface area contributed by atoms with Crippen molar-refractivity contribution in [1.82, 2.24) is 0 Å². The van der Waals surface area contributed by atoms with Gasteiger partial charge in [0.25, 0.3) is 0 Å². The molecule has 0 aliphatic rings. The maximum absolute atomic E-state index is 10.3. The highest BCUT2D eigenvalue weighted by molar-refractivity contribution is 5.66. The Kier molecular flexibility index (Phi) is 6.22. The summed E-state index contributed by atoms with van der Waals surface area (Å²) >= 11 is 0. The molecule has 1 aromatic rings. The molecule has 18 heavy (non-hydrogen) atoms. The van der Waals surface area contributed by atoms with E-state index in [1.807, 2.05) is 0 Å². The largest absolute Gasteiger partial charge is 0.508 e. The topological polar surface area (TPSA) is 77.8 Å². The number of hydrogen-bond acceptors (Lipinski definition) is 3. The van der Waals surface area contributed by atoms with Gasteiger partial charge in [-0.1, -0.05) is 31.4 Å². The van der Waals surface area contributed by atoms with Crippen LogP contribution in [0.4, 0.5) is 0 Å². The Morgan fingerprint density at radius 3 is 2.28 bits per heavy atom. The summed E-state index contributed by atoms with van der Waals surface area (Å²) in [5.41, 5.74) is 0.804. The average molecular weight is 252 g/mol. The number of phenolic OH excluding ortho intramolecular Hbond substituents is 1. The Balaban J connectivity index is 2.15. The molecular weight excluding hydrogens is 232 g/mol. The molecule has 0 amide bonds. The number of carboxylic acid groups (broad SMARTS) is 1. The Labute approximate surface area is 107 Å². The van der Waals surface area contributed by atoms with Crippen LogP contribution in [0.1, 0.15) is 50.2 Å². The maximum Gasteiger partial charge on any atom is 0.303 e. The van der Waals surface area contributed by atoms with Gasteiger partial charge in [-0.15, -0.1) is 0 Å². The number of benzene rings is 1. The van der Waals surface area contributed by atoms with Gasteiger partial charge < -0.3 is 15.3 Å². The zero-order valence-corrected chi connectivity index (χ0v) is 10.4. The molecule has 3 N–H and O–H groups in total. The number of rotatable bonds is 8. The molecule has 1 aromatic carbocycles. The number of aromatic hydroxyl groups is 1. The van der Waals surface area contributed by atoms with Crippen molar-refractivity contribution in [3.63, 3.8) is 0 Å². The van der Waals surface area contributed by atoms with Gasteiger partial charge >= 0.3 is 5.97 Å². The first-order valence-corrected chi connectivity index (χ1v) is 6.28. The highest BCUT2D eigenvalue weighted by Gasteiger charge is 2.06. The van der Waals surface area contributed by atoms with Gasteiger partial charge in [-0.05, 0) is 30.5 Å². The molecule has 0 fully saturated rings. The molecule has 0 spiro atoms. The van der Waals surface area contributed by atoms with E-state index in [0.29, 0.717) is 12.8 Å². The Morgan fingerprint density at radius 1 is 1.06 bits per heavy atom. The highest BCUT2D eigenvalue weighted by atomic mass is 16.4. The quantitative estimate of drug-likeness (QED) is 0.622.